The summed E-state index contributed by atoms with van der Waals surface area (Å²) in [4.78, 5) is 21.8. The Morgan fingerprint density at radius 2 is 1.94 bits per heavy atom. The van der Waals surface area contributed by atoms with Crippen molar-refractivity contribution in [1.82, 2.24) is 5.32 Å². The lowest BCUT2D eigenvalue weighted by Crippen LogP contribution is -2.28. The van der Waals surface area contributed by atoms with E-state index in [-0.39, 0.29) is 0 Å². The average Bonchev–Trinajstić information content (AvgIpc) is 2.25. The molecule has 4 N–H and O–H groups in total. The highest BCUT2D eigenvalue weighted by molar-refractivity contribution is 5.86. The predicted molar refractivity (Wildman–Crippen MR) is 62.9 cm³/mol. The zero-order valence-electron chi connectivity index (χ0n) is 9.38. The van der Waals surface area contributed by atoms with Gasteiger partial charge in [-0.15, -0.1) is 0 Å². The van der Waals surface area contributed by atoms with Gasteiger partial charge in [0.15, 0.2) is 0 Å². The second kappa shape index (κ2) is 5.69. The molecular weight excluding hydrogens is 220 g/mol. The highest BCUT2D eigenvalue weighted by Crippen LogP contribution is 2.14. The maximum absolute atomic E-state index is 11.1. The summed E-state index contributed by atoms with van der Waals surface area (Å²) in [5.41, 5.74) is 6.00. The number of carboxylic acids is 1. The van der Waals surface area contributed by atoms with Gasteiger partial charge in [0.1, 0.15) is 6.04 Å². The van der Waals surface area contributed by atoms with Crippen LogP contribution in [-0.2, 0) is 9.59 Å². The number of nitrogens with two attached hydrogens (primary N) is 1. The molecule has 90 valence electrons. The van der Waals surface area contributed by atoms with E-state index in [0.717, 1.165) is 6.08 Å². The van der Waals surface area contributed by atoms with Gasteiger partial charge in [0.05, 0.1) is 0 Å². The third-order valence-electron chi connectivity index (χ3n) is 2.11. The number of carbonyl (C=O) groups excluding carboxylic acids is 1. The van der Waals surface area contributed by atoms with Gasteiger partial charge in [-0.3, -0.25) is 4.79 Å². The first-order valence-electron chi connectivity index (χ1n) is 5.02. The molecule has 1 aromatic rings. The number of aliphatic carboxylic acids is 1. The fourth-order valence-electron chi connectivity index (χ4n) is 1.42. The van der Waals surface area contributed by atoms with Gasteiger partial charge in [0.2, 0.25) is 5.91 Å². The summed E-state index contributed by atoms with van der Waals surface area (Å²) in [7, 11) is 0. The lowest BCUT2D eigenvalue weighted by molar-refractivity contribution is -0.139. The van der Waals surface area contributed by atoms with Crippen molar-refractivity contribution in [3.8, 4) is 0 Å². The number of allylic oxidation sites excluding steroid dienone is 1. The van der Waals surface area contributed by atoms with E-state index in [0.29, 0.717) is 11.3 Å². The molecule has 1 amide bonds. The van der Waals surface area contributed by atoms with Crippen molar-refractivity contribution in [2.24, 2.45) is 5.73 Å². The third kappa shape index (κ3) is 3.98. The Morgan fingerprint density at radius 1 is 1.35 bits per heavy atom. The first-order chi connectivity index (χ1) is 8.00. The monoisotopic (exact) mass is 234 g/mol. The smallest absolute Gasteiger partial charge is 0.330 e. The molecule has 0 aromatic heterocycles. The second-order valence-electron chi connectivity index (χ2n) is 3.56. The molecule has 0 fully saturated rings. The number of hydrogen-bond acceptors (Lipinski definition) is 3. The first-order valence-corrected chi connectivity index (χ1v) is 5.02. The van der Waals surface area contributed by atoms with E-state index in [2.05, 4.69) is 5.32 Å². The van der Waals surface area contributed by atoms with Crippen LogP contribution in [-0.4, -0.2) is 17.0 Å². The van der Waals surface area contributed by atoms with Crippen LogP contribution in [0.25, 0.3) is 0 Å². The lowest BCUT2D eigenvalue weighted by Gasteiger charge is -2.16. The standard InChI is InChI=1S/C12H14N2O3/c1-8(7-10(13)15)14-11(12(16)17)9-5-3-2-4-6-9/h2-7,11,14H,1H3,(H2,13,15)(H,16,17). The fourth-order valence-corrected chi connectivity index (χ4v) is 1.42. The van der Waals surface area contributed by atoms with E-state index in [1.807, 2.05) is 0 Å². The predicted octanol–water partition coefficient (Wildman–Crippen LogP) is 0.791. The zero-order chi connectivity index (χ0) is 12.8. The van der Waals surface area contributed by atoms with E-state index in [9.17, 15) is 9.59 Å². The molecule has 0 saturated heterocycles. The largest absolute Gasteiger partial charge is 0.479 e. The highest BCUT2D eigenvalue weighted by atomic mass is 16.4. The topological polar surface area (TPSA) is 92.4 Å². The summed E-state index contributed by atoms with van der Waals surface area (Å²) in [5.74, 6) is -1.64. The molecule has 0 heterocycles. The van der Waals surface area contributed by atoms with Gasteiger partial charge in [0.25, 0.3) is 0 Å². The molecule has 17 heavy (non-hydrogen) atoms. The number of benzene rings is 1. The van der Waals surface area contributed by atoms with Gasteiger partial charge < -0.3 is 16.2 Å². The molecule has 5 nitrogen and oxygen atoms in total. The SMILES string of the molecule is CC(=CC(N)=O)NC(C(=O)O)c1ccccc1. The van der Waals surface area contributed by atoms with Crippen LogP contribution in [0.15, 0.2) is 42.1 Å². The molecular formula is C12H14N2O3. The van der Waals surface area contributed by atoms with Crippen molar-refractivity contribution in [3.05, 3.63) is 47.7 Å². The van der Waals surface area contributed by atoms with Crippen molar-refractivity contribution >= 4 is 11.9 Å². The molecule has 1 unspecified atom stereocenters. The maximum Gasteiger partial charge on any atom is 0.330 e. The summed E-state index contributed by atoms with van der Waals surface area (Å²) >= 11 is 0. The van der Waals surface area contributed by atoms with Crippen LogP contribution in [0.3, 0.4) is 0 Å². The highest BCUT2D eigenvalue weighted by Gasteiger charge is 2.18. The molecule has 0 bridgehead atoms. The molecule has 0 spiro atoms. The number of rotatable bonds is 5. The molecule has 1 atom stereocenters. The van der Waals surface area contributed by atoms with Crippen LogP contribution in [0.2, 0.25) is 0 Å². The minimum Gasteiger partial charge on any atom is -0.479 e. The Kier molecular flexibility index (Phi) is 4.28. The van der Waals surface area contributed by atoms with E-state index in [4.69, 9.17) is 10.8 Å². The normalized spacial score (nSPS) is 12.9. The Morgan fingerprint density at radius 3 is 2.41 bits per heavy atom. The van der Waals surface area contributed by atoms with Crippen molar-refractivity contribution in [1.29, 1.82) is 0 Å². The van der Waals surface area contributed by atoms with Crippen LogP contribution in [0.5, 0.6) is 0 Å². The van der Waals surface area contributed by atoms with Crippen molar-refractivity contribution in [2.45, 2.75) is 13.0 Å². The van der Waals surface area contributed by atoms with E-state index in [1.165, 1.54) is 0 Å². The van der Waals surface area contributed by atoms with Crippen LogP contribution in [0, 0.1) is 0 Å². The van der Waals surface area contributed by atoms with E-state index in [1.54, 1.807) is 37.3 Å². The van der Waals surface area contributed by atoms with Crippen LogP contribution < -0.4 is 11.1 Å². The number of carboxylic acid groups (broad SMARTS) is 1. The summed E-state index contributed by atoms with van der Waals surface area (Å²) in [6.07, 6.45) is 1.15. The number of nitrogens with one attached hydrogen (secondary N) is 1. The minimum atomic E-state index is -1.02. The Balaban J connectivity index is 2.89. The Bertz CT molecular complexity index is 440. The van der Waals surface area contributed by atoms with Gasteiger partial charge in [-0.1, -0.05) is 30.3 Å². The van der Waals surface area contributed by atoms with E-state index >= 15 is 0 Å². The summed E-state index contributed by atoms with van der Waals surface area (Å²) in [6.45, 7) is 1.59. The van der Waals surface area contributed by atoms with Crippen LogP contribution in [0.1, 0.15) is 18.5 Å². The number of hydrogen-bond donors (Lipinski definition) is 3. The van der Waals surface area contributed by atoms with Crippen molar-refractivity contribution in [3.63, 3.8) is 0 Å². The van der Waals surface area contributed by atoms with Gasteiger partial charge in [0, 0.05) is 11.8 Å². The average molecular weight is 234 g/mol. The van der Waals surface area contributed by atoms with Crippen molar-refractivity contribution < 1.29 is 14.7 Å². The second-order valence-corrected chi connectivity index (χ2v) is 3.56. The molecule has 0 radical (unpaired) electrons. The molecule has 0 aliphatic heterocycles. The molecule has 0 aliphatic carbocycles. The van der Waals surface area contributed by atoms with Crippen molar-refractivity contribution in [2.75, 3.05) is 0 Å². The molecule has 5 heteroatoms. The number of primary amides is 1. The van der Waals surface area contributed by atoms with Crippen LogP contribution in [0.4, 0.5) is 0 Å². The van der Waals surface area contributed by atoms with Gasteiger partial charge in [-0.2, -0.15) is 0 Å². The molecule has 1 rings (SSSR count). The summed E-state index contributed by atoms with van der Waals surface area (Å²) in [6, 6.07) is 7.80. The van der Waals surface area contributed by atoms with Crippen LogP contribution >= 0.6 is 0 Å². The Labute approximate surface area is 98.9 Å². The van der Waals surface area contributed by atoms with Gasteiger partial charge in [-0.05, 0) is 12.5 Å². The maximum atomic E-state index is 11.1. The third-order valence-corrected chi connectivity index (χ3v) is 2.11. The fraction of sp³-hybridized carbons (Fsp3) is 0.167. The van der Waals surface area contributed by atoms with E-state index < -0.39 is 17.9 Å². The van der Waals surface area contributed by atoms with Gasteiger partial charge in [-0.25, -0.2) is 4.79 Å². The molecule has 0 aliphatic rings. The zero-order valence-corrected chi connectivity index (χ0v) is 9.38. The Hall–Kier alpha value is -2.30. The quantitative estimate of drug-likeness (QED) is 0.657. The minimum absolute atomic E-state index is 0.411. The summed E-state index contributed by atoms with van der Waals surface area (Å²) < 4.78 is 0. The number of amides is 1. The first kappa shape index (κ1) is 12.8. The number of carbonyl (C=O) groups is 2. The lowest BCUT2D eigenvalue weighted by atomic mass is 10.1. The molecule has 1 aromatic carbocycles. The molecule has 0 saturated carbocycles. The van der Waals surface area contributed by atoms with Gasteiger partial charge >= 0.3 is 5.97 Å². The summed E-state index contributed by atoms with van der Waals surface area (Å²) in [5, 5.41) is 11.8.